The van der Waals surface area contributed by atoms with Gasteiger partial charge >= 0.3 is 0 Å². The number of carbonyl (C=O) groups is 1. The van der Waals surface area contributed by atoms with Crippen LogP contribution in [0.4, 0.5) is 5.69 Å². The summed E-state index contributed by atoms with van der Waals surface area (Å²) >= 11 is 7.50. The molecule has 1 aliphatic rings. The second-order valence-corrected chi connectivity index (χ2v) is 10.7. The Labute approximate surface area is 238 Å². The van der Waals surface area contributed by atoms with E-state index < -0.39 is 6.04 Å². The Morgan fingerprint density at radius 2 is 1.74 bits per heavy atom. The Bertz CT molecular complexity index is 1560. The Hall–Kier alpha value is -3.36. The van der Waals surface area contributed by atoms with E-state index in [2.05, 4.69) is 18.7 Å². The zero-order valence-corrected chi connectivity index (χ0v) is 24.9. The van der Waals surface area contributed by atoms with E-state index in [1.165, 1.54) is 11.3 Å². The summed E-state index contributed by atoms with van der Waals surface area (Å²) in [6.45, 7) is 12.9. The Morgan fingerprint density at radius 1 is 1.08 bits per heavy atom. The number of halogens is 1. The number of hydrogen-bond acceptors (Lipinski definition) is 6. The van der Waals surface area contributed by atoms with Gasteiger partial charge in [-0.3, -0.25) is 14.2 Å². The van der Waals surface area contributed by atoms with Crippen LogP contribution in [-0.4, -0.2) is 48.7 Å². The first-order chi connectivity index (χ1) is 18.8. The van der Waals surface area contributed by atoms with E-state index in [1.807, 2.05) is 57.2 Å². The third-order valence-electron chi connectivity index (χ3n) is 7.12. The van der Waals surface area contributed by atoms with Gasteiger partial charge in [-0.25, -0.2) is 4.99 Å². The van der Waals surface area contributed by atoms with Crippen LogP contribution in [0.15, 0.2) is 63.5 Å². The Kier molecular flexibility index (Phi) is 8.97. The maximum absolute atomic E-state index is 14.0. The van der Waals surface area contributed by atoms with Gasteiger partial charge in [-0.2, -0.15) is 0 Å². The molecule has 1 atom stereocenters. The summed E-state index contributed by atoms with van der Waals surface area (Å²) in [5.41, 5.74) is 3.58. The van der Waals surface area contributed by atoms with Gasteiger partial charge in [0.2, 0.25) is 0 Å². The fraction of sp³-hybridized carbons (Fsp3) is 0.367. The quantitative estimate of drug-likeness (QED) is 0.379. The van der Waals surface area contributed by atoms with Crippen LogP contribution >= 0.6 is 22.9 Å². The molecule has 39 heavy (non-hydrogen) atoms. The van der Waals surface area contributed by atoms with Crippen LogP contribution < -0.4 is 24.5 Å². The minimum absolute atomic E-state index is 0.121. The zero-order chi connectivity index (χ0) is 28.3. The number of methoxy groups -OCH3 is 1. The number of aromatic nitrogens is 1. The molecule has 3 aromatic rings. The van der Waals surface area contributed by atoms with Crippen LogP contribution in [0.25, 0.3) is 6.08 Å². The van der Waals surface area contributed by atoms with E-state index in [0.717, 1.165) is 29.9 Å². The summed E-state index contributed by atoms with van der Waals surface area (Å²) in [7, 11) is 1.63. The predicted octanol–water partition coefficient (Wildman–Crippen LogP) is 4.61. The van der Waals surface area contributed by atoms with Crippen LogP contribution in [0.1, 0.15) is 51.8 Å². The van der Waals surface area contributed by atoms with Crippen molar-refractivity contribution in [3.8, 4) is 5.75 Å². The second kappa shape index (κ2) is 12.2. The van der Waals surface area contributed by atoms with Gasteiger partial charge in [0.25, 0.3) is 11.5 Å². The average molecular weight is 567 g/mol. The number of amides is 1. The van der Waals surface area contributed by atoms with E-state index >= 15 is 0 Å². The van der Waals surface area contributed by atoms with Gasteiger partial charge in [-0.15, -0.1) is 0 Å². The summed E-state index contributed by atoms with van der Waals surface area (Å²) in [5, 5.41) is 0.587. The number of fused-ring (bicyclic) bond motifs is 1. The molecule has 2 heterocycles. The fourth-order valence-corrected chi connectivity index (χ4v) is 6.15. The summed E-state index contributed by atoms with van der Waals surface area (Å²) in [6, 6.07) is 12.7. The number of carbonyl (C=O) groups excluding carboxylic acids is 1. The first-order valence-electron chi connectivity index (χ1n) is 13.3. The normalized spacial score (nSPS) is 15.2. The third kappa shape index (κ3) is 5.54. The molecule has 7 nitrogen and oxygen atoms in total. The predicted molar refractivity (Wildman–Crippen MR) is 160 cm³/mol. The van der Waals surface area contributed by atoms with E-state index in [1.54, 1.807) is 28.7 Å². The number of rotatable bonds is 9. The largest absolute Gasteiger partial charge is 0.496 e. The molecule has 9 heteroatoms. The molecule has 1 aliphatic heterocycles. The second-order valence-electron chi connectivity index (χ2n) is 9.21. The Balaban J connectivity index is 1.91. The number of hydrogen-bond donors (Lipinski definition) is 0. The molecular weight excluding hydrogens is 532 g/mol. The molecule has 0 saturated carbocycles. The topological polar surface area (TPSA) is 67.1 Å². The molecule has 0 N–H and O–H groups in total. The van der Waals surface area contributed by atoms with Crippen molar-refractivity contribution in [1.29, 1.82) is 0 Å². The number of nitrogens with zero attached hydrogens (tertiary/aromatic N) is 4. The van der Waals surface area contributed by atoms with Gasteiger partial charge in [0.1, 0.15) is 5.75 Å². The van der Waals surface area contributed by atoms with Gasteiger partial charge in [0.15, 0.2) is 4.80 Å². The van der Waals surface area contributed by atoms with Crippen molar-refractivity contribution in [2.45, 2.75) is 40.7 Å². The number of allylic oxidation sites excluding steroid dienone is 1. The maximum Gasteiger partial charge on any atom is 0.271 e. The van der Waals surface area contributed by atoms with Crippen LogP contribution in [0.2, 0.25) is 5.02 Å². The van der Waals surface area contributed by atoms with Crippen molar-refractivity contribution in [3.05, 3.63) is 89.6 Å². The SMILES string of the molecule is CCN(CC)C(=O)C1=C(C)N=c2s/c(=C/c3ccc(N(CC)CC)cc3OC)c(=O)n2[C@H]1c1ccc(Cl)cc1. The maximum atomic E-state index is 14.0. The lowest BCUT2D eigenvalue weighted by atomic mass is 9.94. The highest BCUT2D eigenvalue weighted by Gasteiger charge is 2.34. The molecule has 0 bridgehead atoms. The standard InChI is InChI=1S/C30H35ClN4O3S/c1-7-33(8-2)23-16-13-21(24(18-23)38-6)17-25-28(36)35-27(20-11-14-22(31)15-12-20)26(19(5)32-30(35)39-25)29(37)34(9-3)10-4/h11-18,27H,7-10H2,1-6H3/b25-17+/t27-/m0/s1. The van der Waals surface area contributed by atoms with E-state index in [-0.39, 0.29) is 11.5 Å². The Morgan fingerprint density at radius 3 is 2.33 bits per heavy atom. The van der Waals surface area contributed by atoms with E-state index in [9.17, 15) is 9.59 Å². The molecule has 0 unspecified atom stereocenters. The number of ether oxygens (including phenoxy) is 1. The zero-order valence-electron chi connectivity index (χ0n) is 23.3. The first kappa shape index (κ1) is 28.6. The molecule has 2 aromatic carbocycles. The van der Waals surface area contributed by atoms with Crippen molar-refractivity contribution in [2.24, 2.45) is 4.99 Å². The van der Waals surface area contributed by atoms with Gasteiger partial charge in [0.05, 0.1) is 29.0 Å². The lowest BCUT2D eigenvalue weighted by Gasteiger charge is -2.29. The molecule has 1 aromatic heterocycles. The van der Waals surface area contributed by atoms with Crippen LogP contribution in [0.3, 0.4) is 0 Å². The first-order valence-corrected chi connectivity index (χ1v) is 14.5. The smallest absolute Gasteiger partial charge is 0.271 e. The monoisotopic (exact) mass is 566 g/mol. The molecule has 0 aliphatic carbocycles. The summed E-state index contributed by atoms with van der Waals surface area (Å²) in [6.07, 6.45) is 1.85. The fourth-order valence-electron chi connectivity index (χ4n) is 4.98. The van der Waals surface area contributed by atoms with Crippen LogP contribution in [-0.2, 0) is 4.79 Å². The highest BCUT2D eigenvalue weighted by atomic mass is 35.5. The third-order valence-corrected chi connectivity index (χ3v) is 8.36. The number of likely N-dealkylation sites (N-methyl/N-ethyl adjacent to an activating group) is 1. The highest BCUT2D eigenvalue weighted by Crippen LogP contribution is 2.32. The number of anilines is 1. The molecule has 0 radical (unpaired) electrons. The van der Waals surface area contributed by atoms with Gasteiger partial charge < -0.3 is 14.5 Å². The summed E-state index contributed by atoms with van der Waals surface area (Å²) in [5.74, 6) is 0.567. The lowest BCUT2D eigenvalue weighted by molar-refractivity contribution is -0.127. The molecular formula is C30H35ClN4O3S. The summed E-state index contributed by atoms with van der Waals surface area (Å²) in [4.78, 5) is 37.0. The van der Waals surface area contributed by atoms with Crippen molar-refractivity contribution in [2.75, 3.05) is 38.2 Å². The number of thiazole rings is 1. The minimum atomic E-state index is -0.610. The van der Waals surface area contributed by atoms with Gasteiger partial charge in [-0.1, -0.05) is 35.1 Å². The highest BCUT2D eigenvalue weighted by molar-refractivity contribution is 7.07. The van der Waals surface area contributed by atoms with Crippen molar-refractivity contribution >= 4 is 40.6 Å². The molecule has 206 valence electrons. The molecule has 0 saturated heterocycles. The molecule has 0 spiro atoms. The van der Waals surface area contributed by atoms with E-state index in [0.29, 0.717) is 44.5 Å². The molecule has 1 amide bonds. The van der Waals surface area contributed by atoms with Gasteiger partial charge in [-0.05, 0) is 70.5 Å². The molecule has 0 fully saturated rings. The van der Waals surface area contributed by atoms with Gasteiger partial charge in [0, 0.05) is 48.5 Å². The summed E-state index contributed by atoms with van der Waals surface area (Å²) < 4.78 is 7.86. The van der Waals surface area contributed by atoms with Crippen molar-refractivity contribution < 1.29 is 9.53 Å². The number of benzene rings is 2. The minimum Gasteiger partial charge on any atom is -0.496 e. The molecule has 4 rings (SSSR count). The van der Waals surface area contributed by atoms with Crippen LogP contribution in [0, 0.1) is 0 Å². The van der Waals surface area contributed by atoms with E-state index in [4.69, 9.17) is 21.3 Å². The van der Waals surface area contributed by atoms with Crippen molar-refractivity contribution in [3.63, 3.8) is 0 Å². The van der Waals surface area contributed by atoms with Crippen LogP contribution in [0.5, 0.6) is 5.75 Å². The lowest BCUT2D eigenvalue weighted by Crippen LogP contribution is -2.43. The average Bonchev–Trinajstić information content (AvgIpc) is 3.24. The van der Waals surface area contributed by atoms with Crippen molar-refractivity contribution in [1.82, 2.24) is 9.47 Å².